The van der Waals surface area contributed by atoms with Crippen LogP contribution in [-0.2, 0) is 0 Å². The quantitative estimate of drug-likeness (QED) is 0.558. The third-order valence-electron chi connectivity index (χ3n) is 3.72. The molecule has 0 radical (unpaired) electrons. The first-order chi connectivity index (χ1) is 10.3. The lowest BCUT2D eigenvalue weighted by Gasteiger charge is -2.05. The molecule has 0 amide bonds. The monoisotopic (exact) mass is 293 g/mol. The Kier molecular flexibility index (Phi) is 2.85. The smallest absolute Gasteiger partial charge is 0.423 e. The van der Waals surface area contributed by atoms with Crippen LogP contribution in [0.4, 0.5) is 0 Å². The summed E-state index contributed by atoms with van der Waals surface area (Å²) in [5.41, 5.74) is 2.62. The predicted octanol–water partition coefficient (Wildman–Crippen LogP) is 2.53. The molecule has 4 rings (SSSR count). The second-order valence-electron chi connectivity index (χ2n) is 4.95. The number of hydrogen-bond donors (Lipinski definition) is 2. The largest absolute Gasteiger partial charge is 0.488 e. The van der Waals surface area contributed by atoms with E-state index >= 15 is 0 Å². The fourth-order valence-corrected chi connectivity index (χ4v) is 3.54. The highest BCUT2D eigenvalue weighted by Crippen LogP contribution is 2.32. The average Bonchev–Trinajstić information content (AvgIpc) is 3.11. The average molecular weight is 293 g/mol. The van der Waals surface area contributed by atoms with Crippen molar-refractivity contribution in [2.24, 2.45) is 0 Å². The normalized spacial score (nSPS) is 11.3. The first-order valence-electron chi connectivity index (χ1n) is 6.69. The summed E-state index contributed by atoms with van der Waals surface area (Å²) in [4.78, 5) is 0. The van der Waals surface area contributed by atoms with E-state index in [4.69, 9.17) is 0 Å². The zero-order chi connectivity index (χ0) is 14.4. The van der Waals surface area contributed by atoms with Crippen molar-refractivity contribution in [2.45, 2.75) is 0 Å². The van der Waals surface area contributed by atoms with Crippen molar-refractivity contribution in [1.82, 2.24) is 4.57 Å². The minimum absolute atomic E-state index is 0.503. The molecule has 2 N–H and O–H groups in total. The molecule has 2 heterocycles. The number of aromatic nitrogens is 1. The Morgan fingerprint density at radius 2 is 1.67 bits per heavy atom. The minimum Gasteiger partial charge on any atom is -0.423 e. The van der Waals surface area contributed by atoms with Crippen LogP contribution in [0.15, 0.2) is 60.0 Å². The highest BCUT2D eigenvalue weighted by Gasteiger charge is 2.16. The van der Waals surface area contributed by atoms with E-state index < -0.39 is 7.12 Å². The van der Waals surface area contributed by atoms with E-state index in [0.717, 1.165) is 21.4 Å². The molecule has 3 nitrogen and oxygen atoms in total. The number of benzene rings is 2. The van der Waals surface area contributed by atoms with Crippen LogP contribution in [0.25, 0.3) is 26.8 Å². The van der Waals surface area contributed by atoms with E-state index in [1.807, 2.05) is 35.7 Å². The molecule has 2 aromatic heterocycles. The maximum atomic E-state index is 9.43. The summed E-state index contributed by atoms with van der Waals surface area (Å²) in [6.07, 6.45) is 0. The third-order valence-corrected chi connectivity index (χ3v) is 4.58. The number of hydrogen-bond acceptors (Lipinski definition) is 3. The van der Waals surface area contributed by atoms with Crippen LogP contribution in [-0.4, -0.2) is 21.7 Å². The Morgan fingerprint density at radius 3 is 2.43 bits per heavy atom. The molecule has 102 valence electrons. The molecule has 0 aliphatic heterocycles. The van der Waals surface area contributed by atoms with Gasteiger partial charge in [-0.3, -0.25) is 0 Å². The van der Waals surface area contributed by atoms with Crippen molar-refractivity contribution in [3.8, 4) is 5.00 Å². The van der Waals surface area contributed by atoms with Crippen LogP contribution in [0.2, 0.25) is 0 Å². The summed E-state index contributed by atoms with van der Waals surface area (Å²) in [6.45, 7) is 0. The Balaban J connectivity index is 2.18. The maximum absolute atomic E-state index is 9.43. The highest BCUT2D eigenvalue weighted by molar-refractivity contribution is 7.12. The second-order valence-corrected chi connectivity index (χ2v) is 5.88. The van der Waals surface area contributed by atoms with E-state index in [-0.39, 0.29) is 0 Å². The molecule has 0 aliphatic carbocycles. The molecule has 0 unspecified atom stereocenters. The van der Waals surface area contributed by atoms with Crippen molar-refractivity contribution in [2.75, 3.05) is 0 Å². The first-order valence-corrected chi connectivity index (χ1v) is 7.57. The lowest BCUT2D eigenvalue weighted by Crippen LogP contribution is -2.29. The predicted molar refractivity (Wildman–Crippen MR) is 88.5 cm³/mol. The molecule has 0 saturated carbocycles. The number of nitrogens with zero attached hydrogens (tertiary/aromatic N) is 1. The molecule has 21 heavy (non-hydrogen) atoms. The lowest BCUT2D eigenvalue weighted by molar-refractivity contribution is 0.426. The molecule has 0 fully saturated rings. The van der Waals surface area contributed by atoms with Gasteiger partial charge >= 0.3 is 7.12 Å². The van der Waals surface area contributed by atoms with Crippen molar-refractivity contribution in [3.63, 3.8) is 0 Å². The topological polar surface area (TPSA) is 45.4 Å². The molecule has 0 spiro atoms. The van der Waals surface area contributed by atoms with Crippen LogP contribution >= 0.6 is 11.3 Å². The van der Waals surface area contributed by atoms with Crippen molar-refractivity contribution >= 4 is 45.7 Å². The van der Waals surface area contributed by atoms with E-state index in [0.29, 0.717) is 5.46 Å². The second kappa shape index (κ2) is 4.74. The van der Waals surface area contributed by atoms with Gasteiger partial charge in [-0.15, -0.1) is 11.3 Å². The standard InChI is InChI=1S/C16H12BNO2S/c19-17(20)11-7-8-13-12-4-1-2-5-14(12)18(15(13)10-11)16-6-3-9-21-16/h1-10,19-20H. The number of fused-ring (bicyclic) bond motifs is 3. The van der Waals surface area contributed by atoms with E-state index in [1.165, 1.54) is 5.39 Å². The molecule has 0 aliphatic rings. The fraction of sp³-hybridized carbons (Fsp3) is 0. The van der Waals surface area contributed by atoms with E-state index in [1.54, 1.807) is 17.4 Å². The molecule has 0 atom stereocenters. The van der Waals surface area contributed by atoms with Gasteiger partial charge in [0.05, 0.1) is 16.0 Å². The number of rotatable bonds is 2. The van der Waals surface area contributed by atoms with Crippen LogP contribution < -0.4 is 5.46 Å². The zero-order valence-electron chi connectivity index (χ0n) is 11.1. The number of para-hydroxylation sites is 1. The third kappa shape index (κ3) is 1.90. The molecule has 2 aromatic carbocycles. The summed E-state index contributed by atoms with van der Waals surface area (Å²) in [5, 5.41) is 24.3. The van der Waals surface area contributed by atoms with Crippen molar-refractivity contribution in [1.29, 1.82) is 0 Å². The van der Waals surface area contributed by atoms with Gasteiger partial charge in [-0.05, 0) is 35.1 Å². The van der Waals surface area contributed by atoms with Crippen LogP contribution in [0.3, 0.4) is 0 Å². The molecule has 0 bridgehead atoms. The summed E-state index contributed by atoms with van der Waals surface area (Å²) < 4.78 is 2.17. The summed E-state index contributed by atoms with van der Waals surface area (Å²) in [7, 11) is -1.45. The van der Waals surface area contributed by atoms with Crippen molar-refractivity contribution < 1.29 is 10.0 Å². The Labute approximate surface area is 125 Å². The molecular formula is C16H12BNO2S. The van der Waals surface area contributed by atoms with Crippen LogP contribution in [0.1, 0.15) is 0 Å². The SMILES string of the molecule is OB(O)c1ccc2c3ccccc3n(-c3cccs3)c2c1. The Hall–Kier alpha value is -2.08. The molecule has 4 aromatic rings. The maximum Gasteiger partial charge on any atom is 0.488 e. The fourth-order valence-electron chi connectivity index (χ4n) is 2.78. The molecule has 0 saturated heterocycles. The zero-order valence-corrected chi connectivity index (χ0v) is 11.9. The molecule has 5 heteroatoms. The van der Waals surface area contributed by atoms with Gasteiger partial charge in [-0.25, -0.2) is 0 Å². The van der Waals surface area contributed by atoms with E-state index in [9.17, 15) is 10.0 Å². The molecular weight excluding hydrogens is 281 g/mol. The summed E-state index contributed by atoms with van der Waals surface area (Å²) in [5.74, 6) is 0. The highest BCUT2D eigenvalue weighted by atomic mass is 32.1. The minimum atomic E-state index is -1.45. The van der Waals surface area contributed by atoms with Gasteiger partial charge in [0, 0.05) is 10.8 Å². The van der Waals surface area contributed by atoms with Gasteiger partial charge in [0.25, 0.3) is 0 Å². The van der Waals surface area contributed by atoms with Gasteiger partial charge < -0.3 is 14.6 Å². The van der Waals surface area contributed by atoms with Crippen molar-refractivity contribution in [3.05, 3.63) is 60.0 Å². The van der Waals surface area contributed by atoms with Gasteiger partial charge in [0.15, 0.2) is 0 Å². The Morgan fingerprint density at radius 1 is 0.857 bits per heavy atom. The van der Waals surface area contributed by atoms with Crippen LogP contribution in [0.5, 0.6) is 0 Å². The lowest BCUT2D eigenvalue weighted by atomic mass is 9.80. The van der Waals surface area contributed by atoms with Gasteiger partial charge in [-0.2, -0.15) is 0 Å². The Bertz CT molecular complexity index is 928. The van der Waals surface area contributed by atoms with E-state index in [2.05, 4.69) is 22.8 Å². The van der Waals surface area contributed by atoms with Gasteiger partial charge in [-0.1, -0.05) is 30.3 Å². The first kappa shape index (κ1) is 12.6. The van der Waals surface area contributed by atoms with Crippen LogP contribution in [0, 0.1) is 0 Å². The summed E-state index contributed by atoms with van der Waals surface area (Å²) in [6, 6.07) is 17.9. The summed E-state index contributed by atoms with van der Waals surface area (Å²) >= 11 is 1.66. The van der Waals surface area contributed by atoms with Gasteiger partial charge in [0.2, 0.25) is 0 Å². The van der Waals surface area contributed by atoms with Gasteiger partial charge in [0.1, 0.15) is 0 Å². The number of thiophene rings is 1.